The lowest BCUT2D eigenvalue weighted by Gasteiger charge is -2.09. The number of sulfonamides is 1. The predicted molar refractivity (Wildman–Crippen MR) is 64.7 cm³/mol. The van der Waals surface area contributed by atoms with Gasteiger partial charge in [-0.15, -0.1) is 0 Å². The van der Waals surface area contributed by atoms with E-state index in [1.54, 1.807) is 12.1 Å². The maximum atomic E-state index is 11.0. The molecule has 0 aliphatic heterocycles. The Labute approximate surface area is 99.2 Å². The monoisotopic (exact) mass is 342 g/mol. The van der Waals surface area contributed by atoms with Crippen molar-refractivity contribution in [2.24, 2.45) is 0 Å². The van der Waals surface area contributed by atoms with E-state index >= 15 is 0 Å². The van der Waals surface area contributed by atoms with Crippen molar-refractivity contribution in [3.63, 3.8) is 0 Å². The zero-order valence-corrected chi connectivity index (χ0v) is 11.2. The Morgan fingerprint density at radius 2 is 1.93 bits per heavy atom. The number of benzene rings is 1. The number of halogens is 2. The van der Waals surface area contributed by atoms with Crippen molar-refractivity contribution in [1.82, 2.24) is 0 Å². The van der Waals surface area contributed by atoms with Gasteiger partial charge in [0.05, 0.1) is 17.6 Å². The highest BCUT2D eigenvalue weighted by molar-refractivity contribution is 9.11. The van der Waals surface area contributed by atoms with Crippen LogP contribution in [0.4, 0.5) is 11.4 Å². The van der Waals surface area contributed by atoms with Gasteiger partial charge in [-0.05, 0) is 28.1 Å². The summed E-state index contributed by atoms with van der Waals surface area (Å²) < 4.78 is 25.7. The van der Waals surface area contributed by atoms with E-state index in [9.17, 15) is 8.42 Å². The second-order valence-corrected chi connectivity index (χ2v) is 6.24. The Hall–Kier alpha value is -0.270. The smallest absolute Gasteiger partial charge is 0.229 e. The molecule has 0 aliphatic carbocycles. The molecule has 3 N–H and O–H groups in total. The van der Waals surface area contributed by atoms with Crippen LogP contribution in [0.1, 0.15) is 0 Å². The van der Waals surface area contributed by atoms with Crippen LogP contribution in [-0.2, 0) is 10.0 Å². The second-order valence-electron chi connectivity index (χ2n) is 2.73. The fourth-order valence-electron chi connectivity index (χ4n) is 0.887. The molecule has 78 valence electrons. The van der Waals surface area contributed by atoms with Crippen molar-refractivity contribution >= 4 is 53.3 Å². The summed E-state index contributed by atoms with van der Waals surface area (Å²) in [6, 6.07) is 3.34. The molecule has 0 fully saturated rings. The fourth-order valence-corrected chi connectivity index (χ4v) is 2.97. The molecule has 0 radical (unpaired) electrons. The lowest BCUT2D eigenvalue weighted by Crippen LogP contribution is -2.11. The minimum atomic E-state index is -3.31. The molecule has 14 heavy (non-hydrogen) atoms. The SMILES string of the molecule is CS(=O)(=O)Nc1c(N)cc(Br)cc1Br. The third kappa shape index (κ3) is 3.14. The Morgan fingerprint density at radius 3 is 2.36 bits per heavy atom. The summed E-state index contributed by atoms with van der Waals surface area (Å²) in [6.45, 7) is 0. The van der Waals surface area contributed by atoms with E-state index in [1.165, 1.54) is 0 Å². The molecule has 0 aliphatic rings. The standard InChI is InChI=1S/C7H8Br2N2O2S/c1-14(12,13)11-7-5(9)2-4(8)3-6(7)10/h2-3,11H,10H2,1H3. The van der Waals surface area contributed by atoms with Gasteiger partial charge in [-0.3, -0.25) is 4.72 Å². The molecular weight excluding hydrogens is 336 g/mol. The van der Waals surface area contributed by atoms with Crippen molar-refractivity contribution in [3.05, 3.63) is 21.1 Å². The van der Waals surface area contributed by atoms with Crippen LogP contribution in [-0.4, -0.2) is 14.7 Å². The number of hydrogen-bond donors (Lipinski definition) is 2. The summed E-state index contributed by atoms with van der Waals surface area (Å²) in [7, 11) is -3.31. The quantitative estimate of drug-likeness (QED) is 0.808. The van der Waals surface area contributed by atoms with E-state index in [1.807, 2.05) is 0 Å². The molecule has 1 aromatic rings. The first kappa shape index (κ1) is 11.8. The molecule has 1 aromatic carbocycles. The maximum Gasteiger partial charge on any atom is 0.229 e. The van der Waals surface area contributed by atoms with Crippen molar-refractivity contribution < 1.29 is 8.42 Å². The average molecular weight is 344 g/mol. The number of nitrogens with two attached hydrogens (primary N) is 1. The van der Waals surface area contributed by atoms with Crippen LogP contribution < -0.4 is 10.5 Å². The van der Waals surface area contributed by atoms with Gasteiger partial charge >= 0.3 is 0 Å². The molecule has 0 saturated heterocycles. The lowest BCUT2D eigenvalue weighted by molar-refractivity contribution is 0.607. The van der Waals surface area contributed by atoms with Gasteiger partial charge < -0.3 is 5.73 Å². The molecule has 0 heterocycles. The zero-order chi connectivity index (χ0) is 10.9. The highest BCUT2D eigenvalue weighted by atomic mass is 79.9. The van der Waals surface area contributed by atoms with Gasteiger partial charge in [0.15, 0.2) is 0 Å². The molecule has 0 amide bonds. The first-order chi connectivity index (χ1) is 6.29. The number of hydrogen-bond acceptors (Lipinski definition) is 3. The minimum Gasteiger partial charge on any atom is -0.397 e. The predicted octanol–water partition coefficient (Wildman–Crippen LogP) is 2.17. The van der Waals surface area contributed by atoms with E-state index in [2.05, 4.69) is 36.6 Å². The summed E-state index contributed by atoms with van der Waals surface area (Å²) in [4.78, 5) is 0. The maximum absolute atomic E-state index is 11.0. The molecule has 4 nitrogen and oxygen atoms in total. The second kappa shape index (κ2) is 4.08. The molecule has 0 saturated carbocycles. The van der Waals surface area contributed by atoms with Crippen LogP contribution in [0, 0.1) is 0 Å². The van der Waals surface area contributed by atoms with E-state index in [0.717, 1.165) is 10.7 Å². The summed E-state index contributed by atoms with van der Waals surface area (Å²) in [5, 5.41) is 0. The highest BCUT2D eigenvalue weighted by Gasteiger charge is 2.10. The third-order valence-corrected chi connectivity index (χ3v) is 3.03. The largest absolute Gasteiger partial charge is 0.397 e. The van der Waals surface area contributed by atoms with Crippen molar-refractivity contribution in [1.29, 1.82) is 0 Å². The number of anilines is 2. The summed E-state index contributed by atoms with van der Waals surface area (Å²) in [6.07, 6.45) is 1.07. The van der Waals surface area contributed by atoms with Gasteiger partial charge in [0.1, 0.15) is 0 Å². The summed E-state index contributed by atoms with van der Waals surface area (Å²) in [5.74, 6) is 0. The molecule has 0 spiro atoms. The number of rotatable bonds is 2. The van der Waals surface area contributed by atoms with Crippen LogP contribution in [0.25, 0.3) is 0 Å². The Bertz CT molecular complexity index is 436. The van der Waals surface area contributed by atoms with Crippen molar-refractivity contribution in [2.45, 2.75) is 0 Å². The topological polar surface area (TPSA) is 72.2 Å². The Kier molecular flexibility index (Phi) is 3.44. The van der Waals surface area contributed by atoms with Crippen LogP contribution in [0.3, 0.4) is 0 Å². The lowest BCUT2D eigenvalue weighted by atomic mass is 10.3. The van der Waals surface area contributed by atoms with Gasteiger partial charge in [-0.1, -0.05) is 15.9 Å². The first-order valence-corrected chi connectivity index (χ1v) is 6.99. The van der Waals surface area contributed by atoms with Gasteiger partial charge in [0, 0.05) is 8.95 Å². The molecule has 7 heteroatoms. The number of nitrogens with one attached hydrogen (secondary N) is 1. The van der Waals surface area contributed by atoms with E-state index < -0.39 is 10.0 Å². The van der Waals surface area contributed by atoms with Crippen molar-refractivity contribution in [2.75, 3.05) is 16.7 Å². The van der Waals surface area contributed by atoms with Gasteiger partial charge in [0.2, 0.25) is 10.0 Å². The van der Waals surface area contributed by atoms with Gasteiger partial charge in [0.25, 0.3) is 0 Å². The Balaban J connectivity index is 3.22. The fraction of sp³-hybridized carbons (Fsp3) is 0.143. The molecular formula is C7H8Br2N2O2S. The van der Waals surface area contributed by atoms with E-state index in [-0.39, 0.29) is 0 Å². The summed E-state index contributed by atoms with van der Waals surface area (Å²) in [5.41, 5.74) is 6.36. The van der Waals surface area contributed by atoms with E-state index in [4.69, 9.17) is 5.73 Å². The van der Waals surface area contributed by atoms with Crippen molar-refractivity contribution in [3.8, 4) is 0 Å². The normalized spacial score (nSPS) is 11.4. The molecule has 0 unspecified atom stereocenters. The average Bonchev–Trinajstić information content (AvgIpc) is 1.95. The van der Waals surface area contributed by atoms with Crippen LogP contribution in [0.15, 0.2) is 21.1 Å². The minimum absolute atomic E-state index is 0.357. The zero-order valence-electron chi connectivity index (χ0n) is 7.21. The molecule has 0 atom stereocenters. The Morgan fingerprint density at radius 1 is 1.36 bits per heavy atom. The van der Waals surface area contributed by atoms with Gasteiger partial charge in [-0.25, -0.2) is 8.42 Å². The third-order valence-electron chi connectivity index (χ3n) is 1.37. The summed E-state index contributed by atoms with van der Waals surface area (Å²) >= 11 is 6.45. The molecule has 1 rings (SSSR count). The highest BCUT2D eigenvalue weighted by Crippen LogP contribution is 2.32. The van der Waals surface area contributed by atoms with Crippen LogP contribution >= 0.6 is 31.9 Å². The number of nitrogen functional groups attached to an aromatic ring is 1. The molecule has 0 bridgehead atoms. The molecule has 0 aromatic heterocycles. The van der Waals surface area contributed by atoms with E-state index in [0.29, 0.717) is 15.8 Å². The first-order valence-electron chi connectivity index (χ1n) is 3.52. The van der Waals surface area contributed by atoms with Crippen LogP contribution in [0.5, 0.6) is 0 Å². The van der Waals surface area contributed by atoms with Gasteiger partial charge in [-0.2, -0.15) is 0 Å². The van der Waals surface area contributed by atoms with Crippen LogP contribution in [0.2, 0.25) is 0 Å².